The van der Waals surface area contributed by atoms with Crippen molar-refractivity contribution in [3.05, 3.63) is 59.2 Å². The van der Waals surface area contributed by atoms with Crippen LogP contribution < -0.4 is 0 Å². The van der Waals surface area contributed by atoms with Crippen LogP contribution in [0.5, 0.6) is 0 Å². The molecule has 2 atom stereocenters. The van der Waals surface area contributed by atoms with E-state index in [1.165, 1.54) is 19.3 Å². The Bertz CT molecular complexity index is 815. The first-order valence-corrected chi connectivity index (χ1v) is 9.23. The molecule has 2 unspecified atom stereocenters. The standard InChI is InChI=1S/C23H25NO/c1-16-6-5-8-18(16)11-13-23(25)21-12-10-19(14-17(21)2)22-9-4-3-7-20(22)15-24/h3-4,7,9-10,12,14,16,18H,5-6,8,11,13H2,1-2H3. The van der Waals surface area contributed by atoms with Crippen molar-refractivity contribution in [3.8, 4) is 17.2 Å². The fraction of sp³-hybridized carbons (Fsp3) is 0.391. The molecule has 1 saturated carbocycles. The number of rotatable bonds is 5. The molecule has 25 heavy (non-hydrogen) atoms. The van der Waals surface area contributed by atoms with Gasteiger partial charge in [-0.2, -0.15) is 5.26 Å². The molecule has 2 heteroatoms. The van der Waals surface area contributed by atoms with Gasteiger partial charge in [-0.15, -0.1) is 0 Å². The van der Waals surface area contributed by atoms with E-state index < -0.39 is 0 Å². The minimum Gasteiger partial charge on any atom is -0.294 e. The first-order chi connectivity index (χ1) is 12.1. The number of carbonyl (C=O) groups excluding carboxylic acids is 1. The van der Waals surface area contributed by atoms with Crippen LogP contribution in [0.1, 0.15) is 60.5 Å². The number of benzene rings is 2. The Hall–Kier alpha value is -2.40. The molecule has 128 valence electrons. The van der Waals surface area contributed by atoms with Gasteiger partial charge >= 0.3 is 0 Å². The molecular weight excluding hydrogens is 306 g/mol. The second-order valence-corrected chi connectivity index (χ2v) is 7.32. The van der Waals surface area contributed by atoms with Crippen molar-refractivity contribution >= 4 is 5.78 Å². The summed E-state index contributed by atoms with van der Waals surface area (Å²) in [5.74, 6) is 1.72. The van der Waals surface area contributed by atoms with Crippen molar-refractivity contribution in [1.82, 2.24) is 0 Å². The molecule has 0 aromatic heterocycles. The summed E-state index contributed by atoms with van der Waals surface area (Å²) in [6.07, 6.45) is 5.55. The van der Waals surface area contributed by atoms with E-state index in [1.54, 1.807) is 0 Å². The van der Waals surface area contributed by atoms with Gasteiger partial charge in [0.15, 0.2) is 5.78 Å². The van der Waals surface area contributed by atoms with Crippen LogP contribution in [-0.4, -0.2) is 5.78 Å². The highest BCUT2D eigenvalue weighted by Crippen LogP contribution is 2.35. The Morgan fingerprint density at radius 2 is 2.00 bits per heavy atom. The summed E-state index contributed by atoms with van der Waals surface area (Å²) >= 11 is 0. The summed E-state index contributed by atoms with van der Waals surface area (Å²) in [5, 5.41) is 9.28. The number of aryl methyl sites for hydroxylation is 1. The van der Waals surface area contributed by atoms with Gasteiger partial charge in [0.2, 0.25) is 0 Å². The summed E-state index contributed by atoms with van der Waals surface area (Å²) in [6.45, 7) is 4.30. The molecule has 3 rings (SSSR count). The number of hydrogen-bond acceptors (Lipinski definition) is 2. The van der Waals surface area contributed by atoms with E-state index in [4.69, 9.17) is 0 Å². The van der Waals surface area contributed by atoms with Gasteiger partial charge in [-0.25, -0.2) is 0 Å². The van der Waals surface area contributed by atoms with E-state index in [0.29, 0.717) is 17.9 Å². The van der Waals surface area contributed by atoms with Crippen molar-refractivity contribution in [1.29, 1.82) is 5.26 Å². The van der Waals surface area contributed by atoms with Crippen LogP contribution >= 0.6 is 0 Å². The quantitative estimate of drug-likeness (QED) is 0.637. The average molecular weight is 331 g/mol. The fourth-order valence-electron chi connectivity index (χ4n) is 4.08. The molecule has 2 aromatic rings. The van der Waals surface area contributed by atoms with Crippen LogP contribution in [0.25, 0.3) is 11.1 Å². The van der Waals surface area contributed by atoms with Gasteiger partial charge in [0.05, 0.1) is 11.6 Å². The number of nitriles is 1. The highest BCUT2D eigenvalue weighted by Gasteiger charge is 2.24. The zero-order chi connectivity index (χ0) is 17.8. The normalized spacial score (nSPS) is 19.6. The number of hydrogen-bond donors (Lipinski definition) is 0. The summed E-state index contributed by atoms with van der Waals surface area (Å²) < 4.78 is 0. The van der Waals surface area contributed by atoms with E-state index in [1.807, 2.05) is 49.4 Å². The number of Topliss-reactive ketones (excluding diaryl/α,β-unsaturated/α-hetero) is 1. The summed E-state index contributed by atoms with van der Waals surface area (Å²) in [5.41, 5.74) is 4.40. The summed E-state index contributed by atoms with van der Waals surface area (Å²) in [7, 11) is 0. The predicted octanol–water partition coefficient (Wildman–Crippen LogP) is 5.93. The van der Waals surface area contributed by atoms with Crippen LogP contribution in [0.15, 0.2) is 42.5 Å². The van der Waals surface area contributed by atoms with Crippen molar-refractivity contribution in [2.45, 2.75) is 46.0 Å². The van der Waals surface area contributed by atoms with Crippen LogP contribution in [-0.2, 0) is 0 Å². The average Bonchev–Trinajstić information content (AvgIpc) is 3.04. The van der Waals surface area contributed by atoms with Gasteiger partial charge in [-0.3, -0.25) is 4.79 Å². The molecule has 2 nitrogen and oxygen atoms in total. The van der Waals surface area contributed by atoms with Gasteiger partial charge in [-0.05, 0) is 47.9 Å². The molecule has 0 aliphatic heterocycles. The molecule has 0 radical (unpaired) electrons. The molecule has 2 aromatic carbocycles. The lowest BCUT2D eigenvalue weighted by atomic mass is 9.89. The van der Waals surface area contributed by atoms with Crippen molar-refractivity contribution < 1.29 is 4.79 Å². The van der Waals surface area contributed by atoms with E-state index >= 15 is 0 Å². The molecule has 0 bridgehead atoms. The third-order valence-electron chi connectivity index (χ3n) is 5.67. The fourth-order valence-corrected chi connectivity index (χ4v) is 4.08. The zero-order valence-corrected chi connectivity index (χ0v) is 15.1. The van der Waals surface area contributed by atoms with E-state index in [2.05, 4.69) is 13.0 Å². The molecule has 0 N–H and O–H groups in total. The lowest BCUT2D eigenvalue weighted by Crippen LogP contribution is -2.09. The first kappa shape index (κ1) is 17.4. The third-order valence-corrected chi connectivity index (χ3v) is 5.67. The second-order valence-electron chi connectivity index (χ2n) is 7.32. The topological polar surface area (TPSA) is 40.9 Å². The molecule has 0 spiro atoms. The molecule has 1 aliphatic rings. The summed E-state index contributed by atoms with van der Waals surface area (Å²) in [4.78, 5) is 12.6. The lowest BCUT2D eigenvalue weighted by Gasteiger charge is -2.15. The Labute approximate surface area is 150 Å². The SMILES string of the molecule is Cc1cc(-c2ccccc2C#N)ccc1C(=O)CCC1CCCC1C. The van der Waals surface area contributed by atoms with Gasteiger partial charge < -0.3 is 0 Å². The van der Waals surface area contributed by atoms with Crippen molar-refractivity contribution in [3.63, 3.8) is 0 Å². The minimum absolute atomic E-state index is 0.247. The number of carbonyl (C=O) groups is 1. The van der Waals surface area contributed by atoms with Crippen LogP contribution in [0.3, 0.4) is 0 Å². The van der Waals surface area contributed by atoms with Crippen LogP contribution in [0, 0.1) is 30.1 Å². The van der Waals surface area contributed by atoms with Crippen LogP contribution in [0.2, 0.25) is 0 Å². The van der Waals surface area contributed by atoms with Gasteiger partial charge in [0.25, 0.3) is 0 Å². The van der Waals surface area contributed by atoms with Crippen LogP contribution in [0.4, 0.5) is 0 Å². The van der Waals surface area contributed by atoms with E-state index in [-0.39, 0.29) is 5.78 Å². The van der Waals surface area contributed by atoms with Gasteiger partial charge in [-0.1, -0.05) is 62.6 Å². The maximum atomic E-state index is 12.6. The van der Waals surface area contributed by atoms with E-state index in [9.17, 15) is 10.1 Å². The Balaban J connectivity index is 1.75. The Morgan fingerprint density at radius 3 is 2.68 bits per heavy atom. The third kappa shape index (κ3) is 3.82. The molecule has 1 aliphatic carbocycles. The van der Waals surface area contributed by atoms with Crippen molar-refractivity contribution in [2.75, 3.05) is 0 Å². The maximum Gasteiger partial charge on any atom is 0.163 e. The number of nitrogens with zero attached hydrogens (tertiary/aromatic N) is 1. The van der Waals surface area contributed by atoms with E-state index in [0.717, 1.165) is 34.6 Å². The Morgan fingerprint density at radius 1 is 1.20 bits per heavy atom. The second kappa shape index (κ2) is 7.66. The maximum absolute atomic E-state index is 12.6. The summed E-state index contributed by atoms with van der Waals surface area (Å²) in [6, 6.07) is 15.8. The molecule has 1 fully saturated rings. The number of ketones is 1. The molecular formula is C23H25NO. The smallest absolute Gasteiger partial charge is 0.163 e. The highest BCUT2D eigenvalue weighted by molar-refractivity contribution is 5.98. The zero-order valence-electron chi connectivity index (χ0n) is 15.1. The van der Waals surface area contributed by atoms with Gasteiger partial charge in [0.1, 0.15) is 0 Å². The van der Waals surface area contributed by atoms with Crippen molar-refractivity contribution in [2.24, 2.45) is 11.8 Å². The highest BCUT2D eigenvalue weighted by atomic mass is 16.1. The predicted molar refractivity (Wildman–Crippen MR) is 101 cm³/mol. The lowest BCUT2D eigenvalue weighted by molar-refractivity contribution is 0.0970. The molecule has 0 amide bonds. The largest absolute Gasteiger partial charge is 0.294 e. The minimum atomic E-state index is 0.247. The monoisotopic (exact) mass is 331 g/mol. The molecule has 0 heterocycles. The molecule has 0 saturated heterocycles. The first-order valence-electron chi connectivity index (χ1n) is 9.23. The Kier molecular flexibility index (Phi) is 5.34. The van der Waals surface area contributed by atoms with Gasteiger partial charge in [0, 0.05) is 12.0 Å².